The molecule has 2 unspecified atom stereocenters. The van der Waals surface area contributed by atoms with Gasteiger partial charge in [0, 0.05) is 37.2 Å². The molecule has 2 aliphatic rings. The molecule has 3 nitrogen and oxygen atoms in total. The van der Waals surface area contributed by atoms with Crippen LogP contribution in [0.4, 0.5) is 5.69 Å². The Hall–Kier alpha value is -1.09. The molecule has 2 fully saturated rings. The van der Waals surface area contributed by atoms with E-state index in [0.717, 1.165) is 6.54 Å². The Morgan fingerprint density at radius 3 is 2.88 bits per heavy atom. The second-order valence-corrected chi connectivity index (χ2v) is 5.96. The van der Waals surface area contributed by atoms with Gasteiger partial charge in [0.25, 0.3) is 0 Å². The lowest BCUT2D eigenvalue weighted by Crippen LogP contribution is -2.53. The van der Waals surface area contributed by atoms with Crippen LogP contribution in [0.15, 0.2) is 24.5 Å². The van der Waals surface area contributed by atoms with Crippen LogP contribution in [0.3, 0.4) is 0 Å². The molecule has 3 rings (SSSR count). The van der Waals surface area contributed by atoms with Gasteiger partial charge in [-0.15, -0.1) is 0 Å². The van der Waals surface area contributed by atoms with E-state index in [9.17, 15) is 0 Å². The molecule has 1 N–H and O–H groups in total. The fourth-order valence-corrected chi connectivity index (χ4v) is 3.50. The maximum Gasteiger partial charge on any atom is 0.0506 e. The molecule has 0 radical (unpaired) electrons. The first kappa shape index (κ1) is 11.0. The molecule has 0 amide bonds. The standard InChI is InChI=1S/C14H21N3/c1-14(2)10-16-12-4-3-9-17(13(12)14)11-5-7-15-8-6-11/h5-8,12-13,16H,3-4,9-10H2,1-2H3. The molecule has 1 aromatic rings. The monoisotopic (exact) mass is 231 g/mol. The topological polar surface area (TPSA) is 28.2 Å². The van der Waals surface area contributed by atoms with Crippen LogP contribution in [0.25, 0.3) is 0 Å². The molecule has 2 atom stereocenters. The molecule has 1 aromatic heterocycles. The Balaban J connectivity index is 1.93. The molecule has 0 aliphatic carbocycles. The van der Waals surface area contributed by atoms with E-state index in [0.29, 0.717) is 17.5 Å². The first-order valence-corrected chi connectivity index (χ1v) is 6.58. The summed E-state index contributed by atoms with van der Waals surface area (Å²) in [5, 5.41) is 3.69. The third-order valence-corrected chi connectivity index (χ3v) is 4.25. The number of anilines is 1. The van der Waals surface area contributed by atoms with E-state index in [2.05, 4.69) is 41.2 Å². The molecule has 3 heteroatoms. The summed E-state index contributed by atoms with van der Waals surface area (Å²) in [7, 11) is 0. The highest BCUT2D eigenvalue weighted by Gasteiger charge is 2.46. The summed E-state index contributed by atoms with van der Waals surface area (Å²) < 4.78 is 0. The molecule has 92 valence electrons. The number of nitrogens with one attached hydrogen (secondary N) is 1. The van der Waals surface area contributed by atoms with E-state index in [1.165, 1.54) is 25.1 Å². The van der Waals surface area contributed by atoms with Crippen molar-refractivity contribution in [1.29, 1.82) is 0 Å². The Morgan fingerprint density at radius 2 is 2.12 bits per heavy atom. The predicted molar refractivity (Wildman–Crippen MR) is 70.2 cm³/mol. The molecule has 2 saturated heterocycles. The number of rotatable bonds is 1. The van der Waals surface area contributed by atoms with E-state index < -0.39 is 0 Å². The molecule has 0 spiro atoms. The fourth-order valence-electron chi connectivity index (χ4n) is 3.50. The van der Waals surface area contributed by atoms with Crippen LogP contribution in [-0.2, 0) is 0 Å². The lowest BCUT2D eigenvalue weighted by atomic mass is 9.80. The Bertz CT molecular complexity index is 388. The largest absolute Gasteiger partial charge is 0.366 e. The van der Waals surface area contributed by atoms with Crippen LogP contribution in [0.5, 0.6) is 0 Å². The summed E-state index contributed by atoms with van der Waals surface area (Å²) in [4.78, 5) is 6.70. The summed E-state index contributed by atoms with van der Waals surface area (Å²) in [6.07, 6.45) is 6.39. The minimum atomic E-state index is 0.356. The molecule has 0 aromatic carbocycles. The number of aromatic nitrogens is 1. The zero-order chi connectivity index (χ0) is 11.9. The number of pyridine rings is 1. The summed E-state index contributed by atoms with van der Waals surface area (Å²) in [6, 6.07) is 5.55. The maximum atomic E-state index is 4.12. The van der Waals surface area contributed by atoms with Crippen LogP contribution < -0.4 is 10.2 Å². The first-order valence-electron chi connectivity index (χ1n) is 6.58. The van der Waals surface area contributed by atoms with Crippen LogP contribution in [0, 0.1) is 5.41 Å². The third-order valence-electron chi connectivity index (χ3n) is 4.25. The normalized spacial score (nSPS) is 31.3. The number of nitrogens with zero attached hydrogens (tertiary/aromatic N) is 2. The van der Waals surface area contributed by atoms with Crippen molar-refractivity contribution in [2.75, 3.05) is 18.0 Å². The maximum absolute atomic E-state index is 4.12. The summed E-state index contributed by atoms with van der Waals surface area (Å²) in [5.41, 5.74) is 1.68. The molecular weight excluding hydrogens is 210 g/mol. The second kappa shape index (κ2) is 3.98. The van der Waals surface area contributed by atoms with E-state index in [1.54, 1.807) is 0 Å². The van der Waals surface area contributed by atoms with Gasteiger partial charge in [-0.3, -0.25) is 4.98 Å². The molecule has 2 aliphatic heterocycles. The van der Waals surface area contributed by atoms with Crippen molar-refractivity contribution < 1.29 is 0 Å². The number of piperidine rings is 1. The van der Waals surface area contributed by atoms with Crippen molar-refractivity contribution in [2.24, 2.45) is 5.41 Å². The van der Waals surface area contributed by atoms with E-state index in [4.69, 9.17) is 0 Å². The smallest absolute Gasteiger partial charge is 0.0506 e. The van der Waals surface area contributed by atoms with E-state index in [-0.39, 0.29) is 0 Å². The lowest BCUT2D eigenvalue weighted by Gasteiger charge is -2.44. The van der Waals surface area contributed by atoms with Crippen molar-refractivity contribution in [3.8, 4) is 0 Å². The number of hydrogen-bond acceptors (Lipinski definition) is 3. The minimum absolute atomic E-state index is 0.356. The second-order valence-electron chi connectivity index (χ2n) is 5.96. The van der Waals surface area contributed by atoms with Crippen molar-refractivity contribution >= 4 is 5.69 Å². The fraction of sp³-hybridized carbons (Fsp3) is 0.643. The summed E-state index contributed by atoms with van der Waals surface area (Å²) in [5.74, 6) is 0. The van der Waals surface area contributed by atoms with Crippen molar-refractivity contribution in [3.05, 3.63) is 24.5 Å². The zero-order valence-corrected chi connectivity index (χ0v) is 10.7. The van der Waals surface area contributed by atoms with Gasteiger partial charge in [0.2, 0.25) is 0 Å². The van der Waals surface area contributed by atoms with Crippen LogP contribution >= 0.6 is 0 Å². The van der Waals surface area contributed by atoms with E-state index >= 15 is 0 Å². The van der Waals surface area contributed by atoms with E-state index in [1.807, 2.05) is 12.4 Å². The SMILES string of the molecule is CC1(C)CNC2CCCN(c3ccncc3)C21. The van der Waals surface area contributed by atoms with Gasteiger partial charge in [-0.05, 0) is 30.4 Å². The average molecular weight is 231 g/mol. The van der Waals surface area contributed by atoms with Crippen LogP contribution in [-0.4, -0.2) is 30.2 Å². The predicted octanol–water partition coefficient (Wildman–Crippen LogP) is 2.05. The molecule has 3 heterocycles. The van der Waals surface area contributed by atoms with Gasteiger partial charge in [0.1, 0.15) is 0 Å². The van der Waals surface area contributed by atoms with Gasteiger partial charge in [-0.2, -0.15) is 0 Å². The molecule has 0 saturated carbocycles. The average Bonchev–Trinajstić information content (AvgIpc) is 2.67. The van der Waals surface area contributed by atoms with Crippen molar-refractivity contribution in [2.45, 2.75) is 38.8 Å². The van der Waals surface area contributed by atoms with Gasteiger partial charge in [-0.25, -0.2) is 0 Å². The van der Waals surface area contributed by atoms with Crippen LogP contribution in [0.2, 0.25) is 0 Å². The number of hydrogen-bond donors (Lipinski definition) is 1. The lowest BCUT2D eigenvalue weighted by molar-refractivity contribution is 0.291. The summed E-state index contributed by atoms with van der Waals surface area (Å²) in [6.45, 7) is 7.06. The minimum Gasteiger partial charge on any atom is -0.366 e. The highest BCUT2D eigenvalue weighted by atomic mass is 15.2. The quantitative estimate of drug-likeness (QED) is 0.802. The Kier molecular flexibility index (Phi) is 2.58. The highest BCUT2D eigenvalue weighted by molar-refractivity contribution is 5.48. The third kappa shape index (κ3) is 1.82. The Morgan fingerprint density at radius 1 is 1.35 bits per heavy atom. The Labute approximate surface area is 103 Å². The summed E-state index contributed by atoms with van der Waals surface area (Å²) >= 11 is 0. The molecule has 0 bridgehead atoms. The highest BCUT2D eigenvalue weighted by Crippen LogP contribution is 2.39. The molecule has 17 heavy (non-hydrogen) atoms. The van der Waals surface area contributed by atoms with Crippen molar-refractivity contribution in [3.63, 3.8) is 0 Å². The van der Waals surface area contributed by atoms with Gasteiger partial charge in [-0.1, -0.05) is 13.8 Å². The van der Waals surface area contributed by atoms with Gasteiger partial charge >= 0.3 is 0 Å². The van der Waals surface area contributed by atoms with Crippen molar-refractivity contribution in [1.82, 2.24) is 10.3 Å². The van der Waals surface area contributed by atoms with Gasteiger partial charge < -0.3 is 10.2 Å². The number of fused-ring (bicyclic) bond motifs is 1. The van der Waals surface area contributed by atoms with Crippen LogP contribution in [0.1, 0.15) is 26.7 Å². The van der Waals surface area contributed by atoms with Gasteiger partial charge in [0.05, 0.1) is 6.04 Å². The van der Waals surface area contributed by atoms with Gasteiger partial charge in [0.15, 0.2) is 0 Å². The first-order chi connectivity index (χ1) is 8.18. The zero-order valence-electron chi connectivity index (χ0n) is 10.7. The molecular formula is C14H21N3.